The minimum Gasteiger partial charge on any atom is -0.497 e. The van der Waals surface area contributed by atoms with Crippen molar-refractivity contribution in [3.8, 4) is 5.75 Å². The van der Waals surface area contributed by atoms with Crippen molar-refractivity contribution >= 4 is 0 Å². The van der Waals surface area contributed by atoms with Gasteiger partial charge in [0.15, 0.2) is 0 Å². The largest absolute Gasteiger partial charge is 0.497 e. The lowest BCUT2D eigenvalue weighted by molar-refractivity contribution is 0.0942. The Morgan fingerprint density at radius 3 is 2.32 bits per heavy atom. The molecule has 4 heteroatoms. The Balaban J connectivity index is 2.72. The van der Waals surface area contributed by atoms with E-state index in [1.165, 1.54) is 5.56 Å². The highest BCUT2D eigenvalue weighted by Gasteiger charge is 2.27. The van der Waals surface area contributed by atoms with E-state index in [1.807, 2.05) is 12.1 Å². The van der Waals surface area contributed by atoms with Gasteiger partial charge in [0.1, 0.15) is 5.75 Å². The first-order valence-corrected chi connectivity index (χ1v) is 6.59. The van der Waals surface area contributed by atoms with Gasteiger partial charge in [-0.2, -0.15) is 0 Å². The Morgan fingerprint density at radius 1 is 1.21 bits per heavy atom. The van der Waals surface area contributed by atoms with E-state index in [0.29, 0.717) is 13.2 Å². The zero-order chi connectivity index (χ0) is 14.3. The Bertz CT molecular complexity index is 367. The van der Waals surface area contributed by atoms with Gasteiger partial charge in [0.05, 0.1) is 13.7 Å². The molecule has 0 aliphatic carbocycles. The van der Waals surface area contributed by atoms with Crippen LogP contribution in [0.15, 0.2) is 24.3 Å². The van der Waals surface area contributed by atoms with Crippen molar-refractivity contribution in [2.45, 2.75) is 18.9 Å². The first-order chi connectivity index (χ1) is 9.05. The average Bonchev–Trinajstić information content (AvgIpc) is 2.45. The van der Waals surface area contributed by atoms with E-state index in [-0.39, 0.29) is 5.54 Å². The van der Waals surface area contributed by atoms with E-state index in [0.717, 1.165) is 18.7 Å². The molecule has 0 radical (unpaired) electrons. The van der Waals surface area contributed by atoms with Gasteiger partial charge in [-0.25, -0.2) is 0 Å². The predicted molar refractivity (Wildman–Crippen MR) is 78.7 cm³/mol. The fraction of sp³-hybridized carbons (Fsp3) is 0.600. The van der Waals surface area contributed by atoms with Gasteiger partial charge >= 0.3 is 0 Å². The summed E-state index contributed by atoms with van der Waals surface area (Å²) in [5.41, 5.74) is 7.18. The highest BCUT2D eigenvalue weighted by Crippen LogP contribution is 2.20. The van der Waals surface area contributed by atoms with Crippen molar-refractivity contribution in [2.24, 2.45) is 5.73 Å². The Hall–Kier alpha value is -1.10. The molecule has 19 heavy (non-hydrogen) atoms. The van der Waals surface area contributed by atoms with Crippen LogP contribution >= 0.6 is 0 Å². The summed E-state index contributed by atoms with van der Waals surface area (Å²) in [6.45, 7) is 4.39. The van der Waals surface area contributed by atoms with Gasteiger partial charge in [0.2, 0.25) is 0 Å². The molecule has 0 heterocycles. The summed E-state index contributed by atoms with van der Waals surface area (Å²) in [5.74, 6) is 0.880. The normalized spacial score (nSPS) is 14.4. The lowest BCUT2D eigenvalue weighted by Gasteiger charge is -2.38. The Morgan fingerprint density at radius 2 is 1.84 bits per heavy atom. The second-order valence-electron chi connectivity index (χ2n) is 5.14. The Labute approximate surface area is 116 Å². The number of nitrogens with zero attached hydrogens (tertiary/aromatic N) is 1. The first kappa shape index (κ1) is 16.0. The molecule has 0 aromatic heterocycles. The Kier molecular flexibility index (Phi) is 6.28. The minimum atomic E-state index is -0.0624. The lowest BCUT2D eigenvalue weighted by atomic mass is 9.91. The molecule has 0 amide bonds. The highest BCUT2D eigenvalue weighted by molar-refractivity contribution is 5.28. The third-order valence-electron chi connectivity index (χ3n) is 3.74. The molecule has 1 aromatic carbocycles. The summed E-state index contributed by atoms with van der Waals surface area (Å²) in [4.78, 5) is 2.26. The van der Waals surface area contributed by atoms with Gasteiger partial charge in [0, 0.05) is 25.7 Å². The van der Waals surface area contributed by atoms with Gasteiger partial charge in [0.25, 0.3) is 0 Å². The number of nitrogens with two attached hydrogens (primary N) is 1. The van der Waals surface area contributed by atoms with Crippen LogP contribution in [0.25, 0.3) is 0 Å². The summed E-state index contributed by atoms with van der Waals surface area (Å²) in [7, 11) is 5.49. The standard InChI is InChI=1S/C15H26N2O2/c1-15(12-16,17(2)9-10-18-3)11-13-5-7-14(19-4)8-6-13/h5-8H,9-12,16H2,1-4H3. The minimum absolute atomic E-state index is 0.0624. The number of rotatable bonds is 8. The second-order valence-corrected chi connectivity index (χ2v) is 5.14. The number of benzene rings is 1. The number of likely N-dealkylation sites (N-methyl/N-ethyl adjacent to an activating group) is 1. The molecule has 1 unspecified atom stereocenters. The molecule has 0 aliphatic heterocycles. The van der Waals surface area contributed by atoms with Crippen LogP contribution in [0.1, 0.15) is 12.5 Å². The molecule has 4 nitrogen and oxygen atoms in total. The smallest absolute Gasteiger partial charge is 0.118 e. The third kappa shape index (κ3) is 4.49. The zero-order valence-electron chi connectivity index (χ0n) is 12.5. The highest BCUT2D eigenvalue weighted by atomic mass is 16.5. The number of methoxy groups -OCH3 is 2. The van der Waals surface area contributed by atoms with Crippen LogP contribution in [-0.4, -0.2) is 51.4 Å². The van der Waals surface area contributed by atoms with E-state index in [9.17, 15) is 0 Å². The summed E-state index contributed by atoms with van der Waals surface area (Å²) in [6.07, 6.45) is 0.910. The van der Waals surface area contributed by atoms with Crippen molar-refractivity contribution in [2.75, 3.05) is 41.0 Å². The molecule has 0 saturated carbocycles. The number of hydrogen-bond donors (Lipinski definition) is 1. The van der Waals surface area contributed by atoms with Gasteiger partial charge in [-0.05, 0) is 38.1 Å². The van der Waals surface area contributed by atoms with Gasteiger partial charge < -0.3 is 15.2 Å². The van der Waals surface area contributed by atoms with Crippen LogP contribution in [0.5, 0.6) is 5.75 Å². The van der Waals surface area contributed by atoms with E-state index in [1.54, 1.807) is 14.2 Å². The number of hydrogen-bond acceptors (Lipinski definition) is 4. The summed E-state index contributed by atoms with van der Waals surface area (Å²) < 4.78 is 10.3. The molecule has 0 fully saturated rings. The molecule has 0 spiro atoms. The van der Waals surface area contributed by atoms with E-state index in [2.05, 4.69) is 31.0 Å². The van der Waals surface area contributed by atoms with Crippen molar-refractivity contribution < 1.29 is 9.47 Å². The second kappa shape index (κ2) is 7.48. The van der Waals surface area contributed by atoms with Crippen molar-refractivity contribution in [1.29, 1.82) is 0 Å². The first-order valence-electron chi connectivity index (χ1n) is 6.59. The zero-order valence-corrected chi connectivity index (χ0v) is 12.5. The monoisotopic (exact) mass is 266 g/mol. The summed E-state index contributed by atoms with van der Waals surface area (Å²) in [6, 6.07) is 8.16. The molecule has 0 bridgehead atoms. The van der Waals surface area contributed by atoms with Gasteiger partial charge in [-0.3, -0.25) is 4.90 Å². The fourth-order valence-corrected chi connectivity index (χ4v) is 2.04. The number of ether oxygens (including phenoxy) is 2. The van der Waals surface area contributed by atoms with E-state index < -0.39 is 0 Å². The molecule has 0 aliphatic rings. The fourth-order valence-electron chi connectivity index (χ4n) is 2.04. The maximum atomic E-state index is 5.98. The van der Waals surface area contributed by atoms with Crippen LogP contribution in [0, 0.1) is 0 Å². The quantitative estimate of drug-likeness (QED) is 0.775. The molecular formula is C15H26N2O2. The topological polar surface area (TPSA) is 47.7 Å². The molecule has 1 aromatic rings. The third-order valence-corrected chi connectivity index (χ3v) is 3.74. The summed E-state index contributed by atoms with van der Waals surface area (Å²) >= 11 is 0. The maximum Gasteiger partial charge on any atom is 0.118 e. The van der Waals surface area contributed by atoms with Gasteiger partial charge in [-0.1, -0.05) is 12.1 Å². The lowest BCUT2D eigenvalue weighted by Crippen LogP contribution is -2.52. The van der Waals surface area contributed by atoms with Crippen LogP contribution in [0.4, 0.5) is 0 Å². The maximum absolute atomic E-state index is 5.98. The summed E-state index contributed by atoms with van der Waals surface area (Å²) in [5, 5.41) is 0. The van der Waals surface area contributed by atoms with Crippen LogP contribution in [-0.2, 0) is 11.2 Å². The molecule has 1 atom stereocenters. The molecule has 108 valence electrons. The SMILES string of the molecule is COCCN(C)C(C)(CN)Cc1ccc(OC)cc1. The van der Waals surface area contributed by atoms with Crippen molar-refractivity contribution in [3.63, 3.8) is 0 Å². The molecule has 0 saturated heterocycles. The van der Waals surface area contributed by atoms with Crippen LogP contribution in [0.3, 0.4) is 0 Å². The molecule has 1 rings (SSSR count). The molecule has 2 N–H and O–H groups in total. The van der Waals surface area contributed by atoms with Crippen molar-refractivity contribution in [1.82, 2.24) is 4.90 Å². The van der Waals surface area contributed by atoms with Gasteiger partial charge in [-0.15, -0.1) is 0 Å². The van der Waals surface area contributed by atoms with Crippen LogP contribution in [0.2, 0.25) is 0 Å². The van der Waals surface area contributed by atoms with Crippen molar-refractivity contribution in [3.05, 3.63) is 29.8 Å². The molecular weight excluding hydrogens is 240 g/mol. The predicted octanol–water partition coefficient (Wildman–Crippen LogP) is 1.53. The van der Waals surface area contributed by atoms with E-state index in [4.69, 9.17) is 15.2 Å². The van der Waals surface area contributed by atoms with Crippen LogP contribution < -0.4 is 10.5 Å². The average molecular weight is 266 g/mol. The van der Waals surface area contributed by atoms with E-state index >= 15 is 0 Å².